The summed E-state index contributed by atoms with van der Waals surface area (Å²) in [6.45, 7) is 4.87. The van der Waals surface area contributed by atoms with Gasteiger partial charge >= 0.3 is 0 Å². The molecule has 16 heavy (non-hydrogen) atoms. The number of aromatic amines is 1. The summed E-state index contributed by atoms with van der Waals surface area (Å²) in [5.74, 6) is 0. The molecule has 0 spiro atoms. The number of H-pyrrole nitrogens is 1. The minimum atomic E-state index is 0.639. The highest BCUT2D eigenvalue weighted by Gasteiger charge is 2.09. The van der Waals surface area contributed by atoms with Crippen molar-refractivity contribution in [1.29, 1.82) is 0 Å². The predicted octanol–water partition coefficient (Wildman–Crippen LogP) is 2.19. The van der Waals surface area contributed by atoms with Gasteiger partial charge in [-0.3, -0.25) is 5.10 Å². The second kappa shape index (κ2) is 4.49. The number of nitrogens with two attached hydrogens (primary N) is 1. The lowest BCUT2D eigenvalue weighted by Gasteiger charge is -2.07. The van der Waals surface area contributed by atoms with E-state index < -0.39 is 0 Å². The number of aryl methyl sites for hydroxylation is 2. The van der Waals surface area contributed by atoms with Crippen LogP contribution >= 0.6 is 0 Å². The van der Waals surface area contributed by atoms with Gasteiger partial charge in [-0.25, -0.2) is 0 Å². The number of benzene rings is 1. The van der Waals surface area contributed by atoms with E-state index in [0.717, 1.165) is 12.1 Å². The Morgan fingerprint density at radius 3 is 2.75 bits per heavy atom. The summed E-state index contributed by atoms with van der Waals surface area (Å²) in [6, 6.07) is 6.46. The third kappa shape index (κ3) is 1.99. The molecule has 2 aromatic rings. The Labute approximate surface area is 95.7 Å². The SMILES string of the molecule is Cc1ccc(-c2cn[nH]c2CCN)c(C)c1. The number of nitrogens with zero attached hydrogens (tertiary/aromatic N) is 1. The summed E-state index contributed by atoms with van der Waals surface area (Å²) >= 11 is 0. The smallest absolute Gasteiger partial charge is 0.0568 e. The molecule has 0 atom stereocenters. The van der Waals surface area contributed by atoms with Crippen molar-refractivity contribution in [3.63, 3.8) is 0 Å². The highest BCUT2D eigenvalue weighted by Crippen LogP contribution is 2.26. The molecule has 84 valence electrons. The van der Waals surface area contributed by atoms with Crippen molar-refractivity contribution in [1.82, 2.24) is 10.2 Å². The Kier molecular flexibility index (Phi) is 3.06. The van der Waals surface area contributed by atoms with Crippen molar-refractivity contribution < 1.29 is 0 Å². The predicted molar refractivity (Wildman–Crippen MR) is 66.3 cm³/mol. The van der Waals surface area contributed by atoms with E-state index in [1.54, 1.807) is 0 Å². The zero-order chi connectivity index (χ0) is 11.5. The Bertz CT molecular complexity index is 486. The van der Waals surface area contributed by atoms with Crippen LogP contribution in [-0.2, 0) is 6.42 Å². The molecule has 0 saturated carbocycles. The first kappa shape index (κ1) is 10.9. The minimum absolute atomic E-state index is 0.639. The molecule has 0 amide bonds. The summed E-state index contributed by atoms with van der Waals surface area (Å²) < 4.78 is 0. The first-order valence-corrected chi connectivity index (χ1v) is 5.52. The first-order chi connectivity index (χ1) is 7.72. The average molecular weight is 215 g/mol. The van der Waals surface area contributed by atoms with Gasteiger partial charge in [-0.05, 0) is 31.5 Å². The van der Waals surface area contributed by atoms with Crippen LogP contribution in [0.2, 0.25) is 0 Å². The maximum atomic E-state index is 5.58. The summed E-state index contributed by atoms with van der Waals surface area (Å²) in [5.41, 5.74) is 11.7. The van der Waals surface area contributed by atoms with Crippen LogP contribution in [0.15, 0.2) is 24.4 Å². The molecule has 3 nitrogen and oxygen atoms in total. The maximum absolute atomic E-state index is 5.58. The monoisotopic (exact) mass is 215 g/mol. The van der Waals surface area contributed by atoms with Gasteiger partial charge in [0.2, 0.25) is 0 Å². The summed E-state index contributed by atoms with van der Waals surface area (Å²) in [4.78, 5) is 0. The van der Waals surface area contributed by atoms with E-state index in [4.69, 9.17) is 5.73 Å². The van der Waals surface area contributed by atoms with Crippen LogP contribution in [0.3, 0.4) is 0 Å². The van der Waals surface area contributed by atoms with Gasteiger partial charge in [-0.15, -0.1) is 0 Å². The van der Waals surface area contributed by atoms with Crippen molar-refractivity contribution in [2.75, 3.05) is 6.54 Å². The Balaban J connectivity index is 2.46. The van der Waals surface area contributed by atoms with Crippen LogP contribution in [0.25, 0.3) is 11.1 Å². The molecular weight excluding hydrogens is 198 g/mol. The van der Waals surface area contributed by atoms with E-state index in [1.807, 2.05) is 6.20 Å². The van der Waals surface area contributed by atoms with Gasteiger partial charge in [0.15, 0.2) is 0 Å². The molecule has 0 aliphatic heterocycles. The van der Waals surface area contributed by atoms with Gasteiger partial charge in [0.25, 0.3) is 0 Å². The van der Waals surface area contributed by atoms with Crippen molar-refractivity contribution in [3.8, 4) is 11.1 Å². The molecule has 3 heteroatoms. The lowest BCUT2D eigenvalue weighted by molar-refractivity contribution is 0.902. The van der Waals surface area contributed by atoms with Crippen molar-refractivity contribution >= 4 is 0 Å². The number of nitrogens with one attached hydrogen (secondary N) is 1. The quantitative estimate of drug-likeness (QED) is 0.824. The van der Waals surface area contributed by atoms with Crippen LogP contribution in [0.1, 0.15) is 16.8 Å². The Morgan fingerprint density at radius 2 is 2.06 bits per heavy atom. The van der Waals surface area contributed by atoms with E-state index >= 15 is 0 Å². The molecule has 0 aliphatic carbocycles. The number of hydrogen-bond donors (Lipinski definition) is 2. The molecule has 0 saturated heterocycles. The highest BCUT2D eigenvalue weighted by molar-refractivity contribution is 5.69. The van der Waals surface area contributed by atoms with E-state index in [0.29, 0.717) is 6.54 Å². The first-order valence-electron chi connectivity index (χ1n) is 5.52. The summed E-state index contributed by atoms with van der Waals surface area (Å²) in [7, 11) is 0. The normalized spacial score (nSPS) is 10.7. The number of aromatic nitrogens is 2. The average Bonchev–Trinajstić information content (AvgIpc) is 2.67. The Morgan fingerprint density at radius 1 is 1.25 bits per heavy atom. The molecule has 2 rings (SSSR count). The minimum Gasteiger partial charge on any atom is -0.330 e. The molecule has 0 bridgehead atoms. The second-order valence-corrected chi connectivity index (χ2v) is 4.12. The fourth-order valence-corrected chi connectivity index (χ4v) is 2.00. The van der Waals surface area contributed by atoms with Crippen LogP contribution < -0.4 is 5.73 Å². The molecule has 0 unspecified atom stereocenters. The molecular formula is C13H17N3. The van der Waals surface area contributed by atoms with Crippen molar-refractivity contribution in [2.24, 2.45) is 5.73 Å². The van der Waals surface area contributed by atoms with Crippen molar-refractivity contribution in [3.05, 3.63) is 41.2 Å². The highest BCUT2D eigenvalue weighted by atomic mass is 15.1. The van der Waals surface area contributed by atoms with E-state index in [1.165, 1.54) is 22.3 Å². The number of hydrogen-bond acceptors (Lipinski definition) is 2. The zero-order valence-corrected chi connectivity index (χ0v) is 9.75. The van der Waals surface area contributed by atoms with Crippen LogP contribution in [0.5, 0.6) is 0 Å². The van der Waals surface area contributed by atoms with E-state index in [-0.39, 0.29) is 0 Å². The zero-order valence-electron chi connectivity index (χ0n) is 9.75. The maximum Gasteiger partial charge on any atom is 0.0568 e. The largest absolute Gasteiger partial charge is 0.330 e. The van der Waals surface area contributed by atoms with Crippen LogP contribution in [0.4, 0.5) is 0 Å². The van der Waals surface area contributed by atoms with Gasteiger partial charge in [0.05, 0.1) is 6.20 Å². The topological polar surface area (TPSA) is 54.7 Å². The fourth-order valence-electron chi connectivity index (χ4n) is 2.00. The standard InChI is InChI=1S/C13H17N3/c1-9-3-4-11(10(2)7-9)12-8-15-16-13(12)5-6-14/h3-4,7-8H,5-6,14H2,1-2H3,(H,15,16). The summed E-state index contributed by atoms with van der Waals surface area (Å²) in [5, 5.41) is 7.12. The molecule has 1 heterocycles. The van der Waals surface area contributed by atoms with Gasteiger partial charge in [-0.1, -0.05) is 23.8 Å². The van der Waals surface area contributed by atoms with Crippen LogP contribution in [0, 0.1) is 13.8 Å². The lowest BCUT2D eigenvalue weighted by Crippen LogP contribution is -2.04. The summed E-state index contributed by atoms with van der Waals surface area (Å²) in [6.07, 6.45) is 2.71. The van der Waals surface area contributed by atoms with E-state index in [9.17, 15) is 0 Å². The van der Waals surface area contributed by atoms with Crippen molar-refractivity contribution in [2.45, 2.75) is 20.3 Å². The molecule has 0 aliphatic rings. The molecule has 0 fully saturated rings. The Hall–Kier alpha value is -1.61. The van der Waals surface area contributed by atoms with Gasteiger partial charge in [0, 0.05) is 17.7 Å². The molecule has 0 radical (unpaired) electrons. The molecule has 1 aromatic carbocycles. The van der Waals surface area contributed by atoms with Crippen LogP contribution in [-0.4, -0.2) is 16.7 Å². The number of rotatable bonds is 3. The van der Waals surface area contributed by atoms with Gasteiger partial charge < -0.3 is 5.73 Å². The lowest BCUT2D eigenvalue weighted by atomic mass is 9.98. The molecule has 3 N–H and O–H groups in total. The molecule has 1 aromatic heterocycles. The third-order valence-electron chi connectivity index (χ3n) is 2.78. The van der Waals surface area contributed by atoms with Gasteiger partial charge in [0.1, 0.15) is 0 Å². The third-order valence-corrected chi connectivity index (χ3v) is 2.78. The van der Waals surface area contributed by atoms with Gasteiger partial charge in [-0.2, -0.15) is 5.10 Å². The second-order valence-electron chi connectivity index (χ2n) is 4.12. The fraction of sp³-hybridized carbons (Fsp3) is 0.308. The van der Waals surface area contributed by atoms with E-state index in [2.05, 4.69) is 42.2 Å².